The van der Waals surface area contributed by atoms with Crippen LogP contribution >= 0.6 is 0 Å². The van der Waals surface area contributed by atoms with Crippen LogP contribution in [0.4, 0.5) is 0 Å². The van der Waals surface area contributed by atoms with Gasteiger partial charge in [-0.25, -0.2) is 0 Å². The number of hydrogen-bond donors (Lipinski definition) is 0. The van der Waals surface area contributed by atoms with Gasteiger partial charge in [-0.3, -0.25) is 0 Å². The summed E-state index contributed by atoms with van der Waals surface area (Å²) in [5, 5.41) is 0. The van der Waals surface area contributed by atoms with Crippen LogP contribution in [0.3, 0.4) is 0 Å². The highest BCUT2D eigenvalue weighted by atomic mass is 16.5. The summed E-state index contributed by atoms with van der Waals surface area (Å²) < 4.78 is 11.9. The molecule has 0 N–H and O–H groups in total. The third-order valence-corrected chi connectivity index (χ3v) is 4.46. The Labute approximate surface area is 146 Å². The molecule has 0 unspecified atom stereocenters. The van der Waals surface area contributed by atoms with E-state index in [1.807, 2.05) is 12.1 Å². The van der Waals surface area contributed by atoms with E-state index >= 15 is 0 Å². The number of ether oxygens (including phenoxy) is 2. The van der Waals surface area contributed by atoms with Crippen LogP contribution in [-0.2, 0) is 6.61 Å². The van der Waals surface area contributed by atoms with Crippen LogP contribution in [0.1, 0.15) is 54.9 Å². The van der Waals surface area contributed by atoms with Crippen LogP contribution in [0.2, 0.25) is 0 Å². The van der Waals surface area contributed by atoms with E-state index in [1.165, 1.54) is 36.0 Å². The molecule has 0 radical (unpaired) electrons. The Kier molecular flexibility index (Phi) is 7.17. The molecule has 2 heteroatoms. The maximum Gasteiger partial charge on any atom is 0.123 e. The molecular formula is C22H30O2. The summed E-state index contributed by atoms with van der Waals surface area (Å²) in [6.45, 7) is 9.92. The van der Waals surface area contributed by atoms with Crippen LogP contribution in [0, 0.1) is 20.8 Å². The first kappa shape index (κ1) is 18.4. The van der Waals surface area contributed by atoms with Gasteiger partial charge in [0.2, 0.25) is 0 Å². The van der Waals surface area contributed by atoms with E-state index < -0.39 is 0 Å². The first-order chi connectivity index (χ1) is 11.6. The Morgan fingerprint density at radius 1 is 0.708 bits per heavy atom. The average Bonchev–Trinajstić information content (AvgIpc) is 2.59. The molecule has 0 aliphatic heterocycles. The SMILES string of the molecule is CCCCCCOc1ccc(OCc2ccc(C)cc2)c(C)c1C. The lowest BCUT2D eigenvalue weighted by Gasteiger charge is -2.15. The fourth-order valence-corrected chi connectivity index (χ4v) is 2.64. The van der Waals surface area contributed by atoms with Crippen LogP contribution < -0.4 is 9.47 Å². The number of rotatable bonds is 9. The van der Waals surface area contributed by atoms with Gasteiger partial charge in [-0.1, -0.05) is 56.0 Å². The van der Waals surface area contributed by atoms with E-state index in [0.29, 0.717) is 6.61 Å². The van der Waals surface area contributed by atoms with E-state index in [-0.39, 0.29) is 0 Å². The van der Waals surface area contributed by atoms with Crippen molar-refractivity contribution in [2.75, 3.05) is 6.61 Å². The zero-order valence-corrected chi connectivity index (χ0v) is 15.5. The number of benzene rings is 2. The minimum Gasteiger partial charge on any atom is -0.493 e. The Bertz CT molecular complexity index is 629. The second-order valence-electron chi connectivity index (χ2n) is 6.50. The van der Waals surface area contributed by atoms with Crippen molar-refractivity contribution in [1.29, 1.82) is 0 Å². The van der Waals surface area contributed by atoms with Crippen molar-refractivity contribution >= 4 is 0 Å². The predicted octanol–water partition coefficient (Wildman–Crippen LogP) is 6.15. The minimum absolute atomic E-state index is 0.595. The fourth-order valence-electron chi connectivity index (χ4n) is 2.64. The van der Waals surface area contributed by atoms with E-state index in [4.69, 9.17) is 9.47 Å². The summed E-state index contributed by atoms with van der Waals surface area (Å²) in [7, 11) is 0. The lowest BCUT2D eigenvalue weighted by molar-refractivity contribution is 0.293. The molecule has 0 saturated carbocycles. The molecule has 0 heterocycles. The normalized spacial score (nSPS) is 10.7. The minimum atomic E-state index is 0.595. The van der Waals surface area contributed by atoms with Gasteiger partial charge in [-0.05, 0) is 56.0 Å². The predicted molar refractivity (Wildman–Crippen MR) is 101 cm³/mol. The molecule has 130 valence electrons. The largest absolute Gasteiger partial charge is 0.493 e. The highest BCUT2D eigenvalue weighted by Gasteiger charge is 2.08. The fraction of sp³-hybridized carbons (Fsp3) is 0.455. The molecule has 0 amide bonds. The number of hydrogen-bond acceptors (Lipinski definition) is 2. The second-order valence-corrected chi connectivity index (χ2v) is 6.50. The third kappa shape index (κ3) is 5.30. The highest BCUT2D eigenvalue weighted by Crippen LogP contribution is 2.30. The van der Waals surface area contributed by atoms with E-state index in [1.54, 1.807) is 0 Å². The van der Waals surface area contributed by atoms with Crippen molar-refractivity contribution in [2.45, 2.75) is 60.0 Å². The van der Waals surface area contributed by atoms with Gasteiger partial charge < -0.3 is 9.47 Å². The summed E-state index contributed by atoms with van der Waals surface area (Å²) in [6, 6.07) is 12.5. The number of unbranched alkanes of at least 4 members (excludes halogenated alkanes) is 3. The van der Waals surface area contributed by atoms with Crippen molar-refractivity contribution in [2.24, 2.45) is 0 Å². The summed E-state index contributed by atoms with van der Waals surface area (Å²) in [5.41, 5.74) is 4.79. The number of aryl methyl sites for hydroxylation is 1. The summed E-state index contributed by atoms with van der Waals surface area (Å²) in [5.74, 6) is 1.91. The zero-order valence-electron chi connectivity index (χ0n) is 15.5. The van der Waals surface area contributed by atoms with E-state index in [9.17, 15) is 0 Å². The van der Waals surface area contributed by atoms with Gasteiger partial charge in [0, 0.05) is 0 Å². The average molecular weight is 326 g/mol. The van der Waals surface area contributed by atoms with Gasteiger partial charge in [-0.2, -0.15) is 0 Å². The van der Waals surface area contributed by atoms with Crippen LogP contribution in [0.5, 0.6) is 11.5 Å². The van der Waals surface area contributed by atoms with Crippen molar-refractivity contribution in [1.82, 2.24) is 0 Å². The molecule has 24 heavy (non-hydrogen) atoms. The Morgan fingerprint density at radius 3 is 1.96 bits per heavy atom. The molecule has 0 bridgehead atoms. The second kappa shape index (κ2) is 9.36. The maximum atomic E-state index is 6.00. The molecule has 0 aromatic heterocycles. The maximum absolute atomic E-state index is 6.00. The molecule has 0 saturated heterocycles. The molecule has 0 atom stereocenters. The first-order valence-corrected chi connectivity index (χ1v) is 9.03. The quantitative estimate of drug-likeness (QED) is 0.514. The summed E-state index contributed by atoms with van der Waals surface area (Å²) in [4.78, 5) is 0. The topological polar surface area (TPSA) is 18.5 Å². The van der Waals surface area contributed by atoms with Crippen LogP contribution in [0.25, 0.3) is 0 Å². The zero-order chi connectivity index (χ0) is 17.4. The monoisotopic (exact) mass is 326 g/mol. The van der Waals surface area contributed by atoms with E-state index in [0.717, 1.165) is 30.1 Å². The van der Waals surface area contributed by atoms with Crippen LogP contribution in [0.15, 0.2) is 36.4 Å². The Balaban J connectivity index is 1.92. The molecular weight excluding hydrogens is 296 g/mol. The summed E-state index contributed by atoms with van der Waals surface area (Å²) in [6.07, 6.45) is 4.91. The lowest BCUT2D eigenvalue weighted by Crippen LogP contribution is -2.02. The molecule has 0 aliphatic carbocycles. The molecule has 2 aromatic carbocycles. The molecule has 2 nitrogen and oxygen atoms in total. The molecule has 2 rings (SSSR count). The van der Waals surface area contributed by atoms with Crippen molar-refractivity contribution in [3.05, 3.63) is 58.7 Å². The van der Waals surface area contributed by atoms with Gasteiger partial charge in [0.05, 0.1) is 6.61 Å². The van der Waals surface area contributed by atoms with Gasteiger partial charge in [0.1, 0.15) is 18.1 Å². The third-order valence-electron chi connectivity index (χ3n) is 4.46. The van der Waals surface area contributed by atoms with Crippen molar-refractivity contribution in [3.8, 4) is 11.5 Å². The van der Waals surface area contributed by atoms with Gasteiger partial charge >= 0.3 is 0 Å². The highest BCUT2D eigenvalue weighted by molar-refractivity contribution is 5.47. The van der Waals surface area contributed by atoms with Gasteiger partial charge in [0.25, 0.3) is 0 Å². The standard InChI is InChI=1S/C22H30O2/c1-5-6-7-8-15-23-21-13-14-22(19(4)18(21)3)24-16-20-11-9-17(2)10-12-20/h9-14H,5-8,15-16H2,1-4H3. The Hall–Kier alpha value is -1.96. The van der Waals surface area contributed by atoms with Crippen molar-refractivity contribution in [3.63, 3.8) is 0 Å². The summed E-state index contributed by atoms with van der Waals surface area (Å²) >= 11 is 0. The van der Waals surface area contributed by atoms with Crippen LogP contribution in [-0.4, -0.2) is 6.61 Å². The molecule has 0 aliphatic rings. The first-order valence-electron chi connectivity index (χ1n) is 9.03. The van der Waals surface area contributed by atoms with Gasteiger partial charge in [0.15, 0.2) is 0 Å². The van der Waals surface area contributed by atoms with E-state index in [2.05, 4.69) is 52.0 Å². The smallest absolute Gasteiger partial charge is 0.123 e. The molecule has 0 fully saturated rings. The van der Waals surface area contributed by atoms with Crippen molar-refractivity contribution < 1.29 is 9.47 Å². The van der Waals surface area contributed by atoms with Gasteiger partial charge in [-0.15, -0.1) is 0 Å². The Morgan fingerprint density at radius 2 is 1.33 bits per heavy atom. The lowest BCUT2D eigenvalue weighted by atomic mass is 10.1. The molecule has 2 aromatic rings. The molecule has 0 spiro atoms.